The molecule has 0 unspecified atom stereocenters. The van der Waals surface area contributed by atoms with E-state index in [0.29, 0.717) is 19.8 Å². The van der Waals surface area contributed by atoms with E-state index in [1.54, 1.807) is 0 Å². The summed E-state index contributed by atoms with van der Waals surface area (Å²) in [4.78, 5) is 0. The molecule has 0 fully saturated rings. The van der Waals surface area contributed by atoms with Crippen LogP contribution in [0.25, 0.3) is 0 Å². The highest BCUT2D eigenvalue weighted by molar-refractivity contribution is 6.60. The van der Waals surface area contributed by atoms with Crippen molar-refractivity contribution < 1.29 is 13.3 Å². The van der Waals surface area contributed by atoms with Gasteiger partial charge in [0, 0.05) is 25.9 Å². The Hall–Kier alpha value is 0.0969. The summed E-state index contributed by atoms with van der Waals surface area (Å²) in [6.45, 7) is 10.5. The van der Waals surface area contributed by atoms with Crippen molar-refractivity contribution in [2.75, 3.05) is 19.8 Å². The van der Waals surface area contributed by atoms with Crippen molar-refractivity contribution in [3.8, 4) is 0 Å². The van der Waals surface area contributed by atoms with Gasteiger partial charge < -0.3 is 13.3 Å². The van der Waals surface area contributed by atoms with Gasteiger partial charge in [-0.2, -0.15) is 0 Å². The molecular weight excluding hydrogens is 412 g/mol. The second-order valence-corrected chi connectivity index (χ2v) is 12.2. The Kier molecular flexibility index (Phi) is 25.8. The Bertz CT molecular complexity index is 335. The molecule has 0 saturated carbocycles. The highest BCUT2D eigenvalue weighted by Crippen LogP contribution is 2.21. The standard InChI is InChI=1S/C28H60O3Si/c1-5-9-10-11-12-13-14-15-16-17-18-19-20-21-22-23-24-25-26-27-28-32(29-6-2,30-7-3)31-8-4/h5-28H2,1-4H3. The highest BCUT2D eigenvalue weighted by Gasteiger charge is 2.39. The van der Waals surface area contributed by atoms with E-state index < -0.39 is 8.80 Å². The van der Waals surface area contributed by atoms with Crippen LogP contribution in [0.5, 0.6) is 0 Å². The largest absolute Gasteiger partial charge is 0.500 e. The van der Waals surface area contributed by atoms with Crippen LogP contribution >= 0.6 is 0 Å². The molecule has 0 bridgehead atoms. The van der Waals surface area contributed by atoms with E-state index >= 15 is 0 Å². The van der Waals surface area contributed by atoms with Crippen molar-refractivity contribution in [3.63, 3.8) is 0 Å². The van der Waals surface area contributed by atoms with Gasteiger partial charge in [0.05, 0.1) is 0 Å². The van der Waals surface area contributed by atoms with Crippen LogP contribution in [0.2, 0.25) is 6.04 Å². The minimum absolute atomic E-state index is 0.686. The minimum atomic E-state index is -2.41. The fourth-order valence-electron chi connectivity index (χ4n) is 4.60. The van der Waals surface area contributed by atoms with Crippen LogP contribution in [0.4, 0.5) is 0 Å². The Labute approximate surface area is 204 Å². The molecule has 0 saturated heterocycles. The molecule has 0 aliphatic carbocycles. The van der Waals surface area contributed by atoms with Crippen molar-refractivity contribution in [2.45, 2.75) is 162 Å². The number of hydrogen-bond acceptors (Lipinski definition) is 3. The third kappa shape index (κ3) is 20.7. The average Bonchev–Trinajstić information content (AvgIpc) is 2.78. The molecule has 194 valence electrons. The van der Waals surface area contributed by atoms with Crippen molar-refractivity contribution in [1.82, 2.24) is 0 Å². The maximum Gasteiger partial charge on any atom is 0.500 e. The van der Waals surface area contributed by atoms with Gasteiger partial charge in [0.25, 0.3) is 0 Å². The average molecular weight is 473 g/mol. The first kappa shape index (κ1) is 32.1. The lowest BCUT2D eigenvalue weighted by atomic mass is 10.0. The molecule has 0 rings (SSSR count). The van der Waals surface area contributed by atoms with E-state index in [0.717, 1.165) is 6.04 Å². The molecule has 0 aromatic rings. The van der Waals surface area contributed by atoms with Gasteiger partial charge in [-0.1, -0.05) is 129 Å². The SMILES string of the molecule is CCCCCCCCCCCCCCCCCCCCCC[Si](OCC)(OCC)OCC. The first-order valence-corrected chi connectivity index (χ1v) is 16.6. The smallest absolute Gasteiger partial charge is 0.374 e. The summed E-state index contributed by atoms with van der Waals surface area (Å²) in [5.41, 5.74) is 0. The van der Waals surface area contributed by atoms with E-state index in [1.807, 2.05) is 20.8 Å². The molecule has 0 aromatic heterocycles. The quantitative estimate of drug-likeness (QED) is 0.0879. The topological polar surface area (TPSA) is 27.7 Å². The summed E-state index contributed by atoms with van der Waals surface area (Å²) in [5.74, 6) is 0. The monoisotopic (exact) mass is 472 g/mol. The lowest BCUT2D eigenvalue weighted by Crippen LogP contribution is -2.45. The van der Waals surface area contributed by atoms with Gasteiger partial charge >= 0.3 is 8.80 Å². The molecule has 0 atom stereocenters. The van der Waals surface area contributed by atoms with Crippen LogP contribution in [-0.2, 0) is 13.3 Å². The molecule has 4 heteroatoms. The number of unbranched alkanes of at least 4 members (excludes halogenated alkanes) is 19. The van der Waals surface area contributed by atoms with E-state index in [-0.39, 0.29) is 0 Å². The normalized spacial score (nSPS) is 12.0. The van der Waals surface area contributed by atoms with Crippen LogP contribution in [0.3, 0.4) is 0 Å². The Morgan fingerprint density at radius 3 is 0.844 bits per heavy atom. The van der Waals surface area contributed by atoms with Crippen molar-refractivity contribution in [3.05, 3.63) is 0 Å². The summed E-state index contributed by atoms with van der Waals surface area (Å²) in [5, 5.41) is 0. The third-order valence-corrected chi connectivity index (χ3v) is 9.58. The Morgan fingerprint density at radius 2 is 0.594 bits per heavy atom. The van der Waals surface area contributed by atoms with Crippen LogP contribution in [0.1, 0.15) is 156 Å². The lowest BCUT2D eigenvalue weighted by Gasteiger charge is -2.28. The van der Waals surface area contributed by atoms with Crippen molar-refractivity contribution in [1.29, 1.82) is 0 Å². The molecule has 0 aromatic carbocycles. The van der Waals surface area contributed by atoms with Gasteiger partial charge in [-0.15, -0.1) is 0 Å². The molecule has 0 heterocycles. The summed E-state index contributed by atoms with van der Waals surface area (Å²) < 4.78 is 17.8. The zero-order valence-electron chi connectivity index (χ0n) is 22.7. The van der Waals surface area contributed by atoms with E-state index in [2.05, 4.69) is 6.92 Å². The van der Waals surface area contributed by atoms with Crippen LogP contribution < -0.4 is 0 Å². The second-order valence-electron chi connectivity index (χ2n) is 9.45. The van der Waals surface area contributed by atoms with Gasteiger partial charge in [-0.25, -0.2) is 0 Å². The molecule has 3 nitrogen and oxygen atoms in total. The first-order valence-electron chi connectivity index (χ1n) is 14.7. The second kappa shape index (κ2) is 25.7. The Morgan fingerprint density at radius 1 is 0.344 bits per heavy atom. The predicted molar refractivity (Wildman–Crippen MR) is 143 cm³/mol. The molecule has 0 N–H and O–H groups in total. The molecular formula is C28H60O3Si. The molecule has 0 aliphatic heterocycles. The summed E-state index contributed by atoms with van der Waals surface area (Å²) in [6.07, 6.45) is 28.3. The van der Waals surface area contributed by atoms with Crippen molar-refractivity contribution >= 4 is 8.80 Å². The highest BCUT2D eigenvalue weighted by atomic mass is 28.4. The fourth-order valence-corrected chi connectivity index (χ4v) is 7.28. The van der Waals surface area contributed by atoms with Gasteiger partial charge in [0.1, 0.15) is 0 Å². The van der Waals surface area contributed by atoms with Gasteiger partial charge in [-0.05, 0) is 27.2 Å². The van der Waals surface area contributed by atoms with E-state index in [1.165, 1.54) is 128 Å². The maximum absolute atomic E-state index is 5.95. The summed E-state index contributed by atoms with van der Waals surface area (Å²) >= 11 is 0. The first-order chi connectivity index (χ1) is 15.7. The maximum atomic E-state index is 5.95. The zero-order chi connectivity index (χ0) is 23.6. The molecule has 0 aliphatic rings. The molecule has 0 amide bonds. The molecule has 0 spiro atoms. The van der Waals surface area contributed by atoms with Gasteiger partial charge in [-0.3, -0.25) is 0 Å². The molecule has 0 radical (unpaired) electrons. The summed E-state index contributed by atoms with van der Waals surface area (Å²) in [7, 11) is -2.41. The third-order valence-electron chi connectivity index (χ3n) is 6.43. The number of hydrogen-bond donors (Lipinski definition) is 0. The van der Waals surface area contributed by atoms with Gasteiger partial charge in [0.15, 0.2) is 0 Å². The Balaban J connectivity index is 3.37. The van der Waals surface area contributed by atoms with Crippen LogP contribution in [0.15, 0.2) is 0 Å². The predicted octanol–water partition coefficient (Wildman–Crippen LogP) is 9.86. The fraction of sp³-hybridized carbons (Fsp3) is 1.00. The summed E-state index contributed by atoms with van der Waals surface area (Å²) in [6, 6.07) is 0.974. The van der Waals surface area contributed by atoms with Crippen molar-refractivity contribution in [2.24, 2.45) is 0 Å². The van der Waals surface area contributed by atoms with E-state index in [4.69, 9.17) is 13.3 Å². The van der Waals surface area contributed by atoms with Gasteiger partial charge in [0.2, 0.25) is 0 Å². The van der Waals surface area contributed by atoms with Crippen LogP contribution in [-0.4, -0.2) is 28.6 Å². The number of rotatable bonds is 27. The van der Waals surface area contributed by atoms with Crippen LogP contribution in [0, 0.1) is 0 Å². The zero-order valence-corrected chi connectivity index (χ0v) is 23.7. The molecule has 32 heavy (non-hydrogen) atoms. The lowest BCUT2D eigenvalue weighted by molar-refractivity contribution is 0.0706. The van der Waals surface area contributed by atoms with E-state index in [9.17, 15) is 0 Å². The minimum Gasteiger partial charge on any atom is -0.374 e.